The van der Waals surface area contributed by atoms with Crippen LogP contribution in [0.15, 0.2) is 30.3 Å². The zero-order valence-corrected chi connectivity index (χ0v) is 11.5. The number of nitrogens with two attached hydrogens (primary N) is 1. The summed E-state index contributed by atoms with van der Waals surface area (Å²) in [6, 6.07) is 8.99. The molecule has 104 valence electrons. The quantitative estimate of drug-likeness (QED) is 0.587. The van der Waals surface area contributed by atoms with Crippen LogP contribution in [-0.2, 0) is 6.61 Å². The minimum Gasteiger partial charge on any atom is -0.438 e. The second kappa shape index (κ2) is 5.71. The van der Waals surface area contributed by atoms with E-state index in [-0.39, 0.29) is 18.3 Å². The number of benzene rings is 1. The summed E-state index contributed by atoms with van der Waals surface area (Å²) in [5, 5.41) is 17.0. The van der Waals surface area contributed by atoms with E-state index >= 15 is 0 Å². The third-order valence-electron chi connectivity index (χ3n) is 2.93. The van der Waals surface area contributed by atoms with Gasteiger partial charge < -0.3 is 15.6 Å². The molecule has 1 aromatic carbocycles. The Morgan fingerprint density at radius 1 is 1.35 bits per heavy atom. The van der Waals surface area contributed by atoms with Gasteiger partial charge >= 0.3 is 0 Å². The topological polar surface area (TPSA) is 92.2 Å². The molecule has 0 spiro atoms. The van der Waals surface area contributed by atoms with E-state index in [1.165, 1.54) is 0 Å². The van der Waals surface area contributed by atoms with Gasteiger partial charge in [0.25, 0.3) is 0 Å². The number of pyridine rings is 1. The van der Waals surface area contributed by atoms with Gasteiger partial charge in [0.1, 0.15) is 11.6 Å². The summed E-state index contributed by atoms with van der Waals surface area (Å²) >= 11 is 0. The summed E-state index contributed by atoms with van der Waals surface area (Å²) in [7, 11) is 0. The van der Waals surface area contributed by atoms with E-state index in [0.29, 0.717) is 16.9 Å². The lowest BCUT2D eigenvalue weighted by Crippen LogP contribution is -2.15. The first-order chi connectivity index (χ1) is 9.52. The molecular formula is C15H17N3O2. The van der Waals surface area contributed by atoms with E-state index in [1.54, 1.807) is 12.1 Å². The molecule has 0 fully saturated rings. The molecule has 0 amide bonds. The summed E-state index contributed by atoms with van der Waals surface area (Å²) in [5.74, 6) is 0.706. The van der Waals surface area contributed by atoms with Crippen LogP contribution in [0.25, 0.3) is 0 Å². The minimum absolute atomic E-state index is 0.0912. The van der Waals surface area contributed by atoms with Crippen molar-refractivity contribution in [3.05, 3.63) is 52.7 Å². The monoisotopic (exact) mass is 271 g/mol. The predicted molar refractivity (Wildman–Crippen MR) is 77.2 cm³/mol. The molecule has 0 atom stereocenters. The van der Waals surface area contributed by atoms with Crippen molar-refractivity contribution in [2.75, 3.05) is 0 Å². The summed E-state index contributed by atoms with van der Waals surface area (Å²) < 4.78 is 5.76. The van der Waals surface area contributed by atoms with Crippen LogP contribution in [0.1, 0.15) is 22.4 Å². The van der Waals surface area contributed by atoms with Crippen LogP contribution in [0.3, 0.4) is 0 Å². The van der Waals surface area contributed by atoms with E-state index in [2.05, 4.69) is 4.98 Å². The summed E-state index contributed by atoms with van der Waals surface area (Å²) in [6.45, 7) is 3.58. The van der Waals surface area contributed by atoms with Crippen LogP contribution in [-0.4, -0.2) is 15.9 Å². The van der Waals surface area contributed by atoms with Gasteiger partial charge in [0, 0.05) is 11.3 Å². The number of para-hydroxylation sites is 1. The maximum Gasteiger partial charge on any atom is 0.230 e. The molecule has 0 saturated heterocycles. The summed E-state index contributed by atoms with van der Waals surface area (Å²) in [4.78, 5) is 4.30. The molecule has 4 N–H and O–H groups in total. The number of aromatic nitrogens is 1. The van der Waals surface area contributed by atoms with E-state index in [0.717, 1.165) is 11.3 Å². The molecule has 0 aliphatic carbocycles. The van der Waals surface area contributed by atoms with Crippen molar-refractivity contribution in [3.8, 4) is 11.6 Å². The smallest absolute Gasteiger partial charge is 0.230 e. The normalized spacial score (nSPS) is 10.3. The number of amidine groups is 1. The van der Waals surface area contributed by atoms with E-state index in [4.69, 9.17) is 15.9 Å². The number of hydrogen-bond donors (Lipinski definition) is 3. The Balaban J connectivity index is 2.50. The van der Waals surface area contributed by atoms with Crippen LogP contribution >= 0.6 is 0 Å². The van der Waals surface area contributed by atoms with Crippen molar-refractivity contribution < 1.29 is 9.84 Å². The van der Waals surface area contributed by atoms with Gasteiger partial charge in [-0.2, -0.15) is 0 Å². The van der Waals surface area contributed by atoms with Gasteiger partial charge in [-0.05, 0) is 31.5 Å². The van der Waals surface area contributed by atoms with E-state index in [9.17, 15) is 5.11 Å². The Kier molecular flexibility index (Phi) is 4.00. The van der Waals surface area contributed by atoms with Gasteiger partial charge in [0.05, 0.1) is 12.2 Å². The molecule has 0 saturated carbocycles. The number of aliphatic hydroxyl groups is 1. The zero-order chi connectivity index (χ0) is 14.7. The molecule has 0 aliphatic heterocycles. The fourth-order valence-electron chi connectivity index (χ4n) is 2.04. The Hall–Kier alpha value is -2.40. The molecule has 5 heteroatoms. The van der Waals surface area contributed by atoms with Crippen LogP contribution in [0.5, 0.6) is 11.6 Å². The van der Waals surface area contributed by atoms with E-state index in [1.807, 2.05) is 32.0 Å². The molecule has 1 aromatic heterocycles. The molecule has 2 rings (SSSR count). The third kappa shape index (κ3) is 2.78. The van der Waals surface area contributed by atoms with Gasteiger partial charge in [0.15, 0.2) is 0 Å². The van der Waals surface area contributed by atoms with Gasteiger partial charge in [-0.25, -0.2) is 4.98 Å². The van der Waals surface area contributed by atoms with Crippen LogP contribution in [0.4, 0.5) is 0 Å². The highest BCUT2D eigenvalue weighted by atomic mass is 16.5. The lowest BCUT2D eigenvalue weighted by molar-refractivity contribution is 0.276. The molecule has 5 nitrogen and oxygen atoms in total. The molecule has 2 aromatic rings. The lowest BCUT2D eigenvalue weighted by atomic mass is 10.1. The highest BCUT2D eigenvalue weighted by Crippen LogP contribution is 2.28. The van der Waals surface area contributed by atoms with Gasteiger partial charge in [0.2, 0.25) is 5.88 Å². The average Bonchev–Trinajstić information content (AvgIpc) is 2.38. The number of hydrogen-bond acceptors (Lipinski definition) is 4. The van der Waals surface area contributed by atoms with Crippen molar-refractivity contribution in [1.82, 2.24) is 4.98 Å². The predicted octanol–water partition coefficient (Wildman–Crippen LogP) is 2.27. The van der Waals surface area contributed by atoms with Gasteiger partial charge in [-0.1, -0.05) is 18.2 Å². The molecule has 0 aliphatic rings. The number of nitrogens with zero attached hydrogens (tertiary/aromatic N) is 1. The first kappa shape index (κ1) is 14.0. The number of nitrogens with one attached hydrogen (secondary N) is 1. The largest absolute Gasteiger partial charge is 0.438 e. The molecule has 20 heavy (non-hydrogen) atoms. The summed E-state index contributed by atoms with van der Waals surface area (Å²) in [5.41, 5.74) is 8.35. The molecular weight excluding hydrogens is 254 g/mol. The Labute approximate surface area is 117 Å². The van der Waals surface area contributed by atoms with Gasteiger partial charge in [-0.3, -0.25) is 5.41 Å². The van der Waals surface area contributed by atoms with Crippen LogP contribution in [0.2, 0.25) is 0 Å². The standard InChI is InChI=1S/C15H17N3O2/c1-9-7-10(2)18-15(13(9)14(16)17)20-12-6-4-3-5-11(12)8-19/h3-7,19H,8H2,1-2H3,(H3,16,17). The fraction of sp³-hybridized carbons (Fsp3) is 0.200. The number of nitrogen functional groups attached to an aromatic ring is 1. The number of aliphatic hydroxyl groups excluding tert-OH is 1. The van der Waals surface area contributed by atoms with Crippen molar-refractivity contribution in [2.24, 2.45) is 5.73 Å². The number of aryl methyl sites for hydroxylation is 2. The first-order valence-electron chi connectivity index (χ1n) is 6.22. The van der Waals surface area contributed by atoms with Crippen LogP contribution in [0, 0.1) is 19.3 Å². The zero-order valence-electron chi connectivity index (χ0n) is 11.5. The van der Waals surface area contributed by atoms with E-state index < -0.39 is 0 Å². The molecule has 0 radical (unpaired) electrons. The average molecular weight is 271 g/mol. The maximum atomic E-state index is 9.32. The Bertz CT molecular complexity index is 654. The molecule has 0 unspecified atom stereocenters. The number of ether oxygens (including phenoxy) is 1. The van der Waals surface area contributed by atoms with Crippen LogP contribution < -0.4 is 10.5 Å². The Morgan fingerprint density at radius 2 is 2.05 bits per heavy atom. The summed E-state index contributed by atoms with van der Waals surface area (Å²) in [6.07, 6.45) is 0. The van der Waals surface area contributed by atoms with Crippen molar-refractivity contribution >= 4 is 5.84 Å². The van der Waals surface area contributed by atoms with Gasteiger partial charge in [-0.15, -0.1) is 0 Å². The SMILES string of the molecule is Cc1cc(C)c(C(=N)N)c(Oc2ccccc2CO)n1. The minimum atomic E-state index is -0.129. The third-order valence-corrected chi connectivity index (χ3v) is 2.93. The molecule has 0 bridgehead atoms. The Morgan fingerprint density at radius 3 is 2.70 bits per heavy atom. The second-order valence-electron chi connectivity index (χ2n) is 4.54. The maximum absolute atomic E-state index is 9.32. The molecule has 1 heterocycles. The van der Waals surface area contributed by atoms with Crippen molar-refractivity contribution in [2.45, 2.75) is 20.5 Å². The number of rotatable bonds is 4. The second-order valence-corrected chi connectivity index (χ2v) is 4.54. The first-order valence-corrected chi connectivity index (χ1v) is 6.22. The highest BCUT2D eigenvalue weighted by Gasteiger charge is 2.15. The highest BCUT2D eigenvalue weighted by molar-refractivity contribution is 5.98. The van der Waals surface area contributed by atoms with Crippen molar-refractivity contribution in [1.29, 1.82) is 5.41 Å². The lowest BCUT2D eigenvalue weighted by Gasteiger charge is -2.14. The fourth-order valence-corrected chi connectivity index (χ4v) is 2.04. The van der Waals surface area contributed by atoms with Crippen molar-refractivity contribution in [3.63, 3.8) is 0 Å².